The van der Waals surface area contributed by atoms with Crippen molar-refractivity contribution in [3.63, 3.8) is 0 Å². The van der Waals surface area contributed by atoms with Crippen LogP contribution in [0.2, 0.25) is 5.02 Å². The fourth-order valence-corrected chi connectivity index (χ4v) is 4.51. The minimum absolute atomic E-state index is 0.0698. The first-order valence-electron chi connectivity index (χ1n) is 9.35. The van der Waals surface area contributed by atoms with E-state index >= 15 is 0 Å². The van der Waals surface area contributed by atoms with E-state index in [1.165, 1.54) is 36.4 Å². The summed E-state index contributed by atoms with van der Waals surface area (Å²) < 4.78 is 27.7. The quantitative estimate of drug-likeness (QED) is 0.434. The monoisotopic (exact) mass is 489 g/mol. The Morgan fingerprint density at radius 2 is 1.47 bits per heavy atom. The van der Waals surface area contributed by atoms with Gasteiger partial charge in [0.05, 0.1) is 4.90 Å². The Bertz CT molecular complexity index is 1230. The number of carbonyl (C=O) groups is 2. The van der Waals surface area contributed by atoms with Crippen molar-refractivity contribution in [2.24, 2.45) is 0 Å². The van der Waals surface area contributed by atoms with E-state index in [1.54, 1.807) is 42.1 Å². The number of thioether (sulfide) groups is 1. The SMILES string of the molecule is CSCc1cccc(C(=O)NNC(=O)c2cccc(S(=O)(=O)Nc3ccc(Cl)cc3)c2)c1. The van der Waals surface area contributed by atoms with E-state index in [0.717, 1.165) is 11.3 Å². The largest absolute Gasteiger partial charge is 0.280 e. The third-order valence-electron chi connectivity index (χ3n) is 4.29. The van der Waals surface area contributed by atoms with E-state index in [-0.39, 0.29) is 10.5 Å². The molecule has 0 aliphatic rings. The van der Waals surface area contributed by atoms with Gasteiger partial charge in [0.15, 0.2) is 0 Å². The van der Waals surface area contributed by atoms with E-state index in [0.29, 0.717) is 16.3 Å². The Labute approximate surface area is 195 Å². The first-order chi connectivity index (χ1) is 15.3. The van der Waals surface area contributed by atoms with Gasteiger partial charge in [-0.1, -0.05) is 29.8 Å². The van der Waals surface area contributed by atoms with Crippen LogP contribution in [0.1, 0.15) is 26.3 Å². The van der Waals surface area contributed by atoms with E-state index < -0.39 is 21.8 Å². The van der Waals surface area contributed by atoms with Crippen molar-refractivity contribution in [3.8, 4) is 0 Å². The first kappa shape index (κ1) is 23.6. The molecule has 0 saturated heterocycles. The lowest BCUT2D eigenvalue weighted by atomic mass is 10.1. The molecular formula is C22H20ClN3O4S2. The molecule has 3 rings (SSSR count). The highest BCUT2D eigenvalue weighted by Crippen LogP contribution is 2.19. The standard InChI is InChI=1S/C22H20ClN3O4S2/c1-31-14-15-4-2-5-16(12-15)21(27)24-25-22(28)17-6-3-7-20(13-17)32(29,30)26-19-10-8-18(23)9-11-19/h2-13,26H,14H2,1H3,(H,24,27)(H,25,28). The van der Waals surface area contributed by atoms with Gasteiger partial charge >= 0.3 is 0 Å². The molecule has 3 N–H and O–H groups in total. The van der Waals surface area contributed by atoms with Crippen LogP contribution < -0.4 is 15.6 Å². The molecule has 0 aromatic heterocycles. The Morgan fingerprint density at radius 3 is 2.09 bits per heavy atom. The van der Waals surface area contributed by atoms with Crippen molar-refractivity contribution < 1.29 is 18.0 Å². The Morgan fingerprint density at radius 1 is 0.875 bits per heavy atom. The molecule has 0 heterocycles. The van der Waals surface area contributed by atoms with Crippen molar-refractivity contribution in [1.82, 2.24) is 10.9 Å². The van der Waals surface area contributed by atoms with Crippen LogP contribution in [0.15, 0.2) is 77.7 Å². The summed E-state index contributed by atoms with van der Waals surface area (Å²) in [4.78, 5) is 24.7. The lowest BCUT2D eigenvalue weighted by Gasteiger charge is -2.11. The lowest BCUT2D eigenvalue weighted by molar-refractivity contribution is 0.0846. The van der Waals surface area contributed by atoms with E-state index in [2.05, 4.69) is 15.6 Å². The van der Waals surface area contributed by atoms with E-state index in [9.17, 15) is 18.0 Å². The van der Waals surface area contributed by atoms with Crippen molar-refractivity contribution in [2.75, 3.05) is 11.0 Å². The number of amides is 2. The van der Waals surface area contributed by atoms with Gasteiger partial charge in [-0.15, -0.1) is 0 Å². The fraction of sp³-hybridized carbons (Fsp3) is 0.0909. The number of hydrogen-bond acceptors (Lipinski definition) is 5. The number of nitrogens with one attached hydrogen (secondary N) is 3. The van der Waals surface area contributed by atoms with Gasteiger partial charge in [0, 0.05) is 27.6 Å². The maximum Gasteiger partial charge on any atom is 0.269 e. The van der Waals surface area contributed by atoms with Gasteiger partial charge in [0.25, 0.3) is 21.8 Å². The summed E-state index contributed by atoms with van der Waals surface area (Å²) in [5, 5.41) is 0.477. The minimum atomic E-state index is -3.93. The third-order valence-corrected chi connectivity index (χ3v) is 6.55. The maximum atomic E-state index is 12.7. The Balaban J connectivity index is 1.67. The Kier molecular flexibility index (Phi) is 7.79. The molecular weight excluding hydrogens is 470 g/mol. The second-order valence-electron chi connectivity index (χ2n) is 6.68. The zero-order valence-electron chi connectivity index (χ0n) is 17.0. The summed E-state index contributed by atoms with van der Waals surface area (Å²) in [6.45, 7) is 0. The maximum absolute atomic E-state index is 12.7. The normalized spacial score (nSPS) is 10.9. The van der Waals surface area contributed by atoms with Crippen molar-refractivity contribution in [1.29, 1.82) is 0 Å². The molecule has 0 unspecified atom stereocenters. The summed E-state index contributed by atoms with van der Waals surface area (Å²) in [6.07, 6.45) is 1.96. The molecule has 0 fully saturated rings. The van der Waals surface area contributed by atoms with Gasteiger partial charge < -0.3 is 0 Å². The topological polar surface area (TPSA) is 104 Å². The number of benzene rings is 3. The van der Waals surface area contributed by atoms with Gasteiger partial charge in [0.1, 0.15) is 0 Å². The van der Waals surface area contributed by atoms with Crippen molar-refractivity contribution in [3.05, 3.63) is 94.5 Å². The number of sulfonamides is 1. The molecule has 0 bridgehead atoms. The predicted molar refractivity (Wildman–Crippen MR) is 127 cm³/mol. The number of anilines is 1. The molecule has 3 aromatic rings. The highest BCUT2D eigenvalue weighted by atomic mass is 35.5. The molecule has 3 aromatic carbocycles. The fourth-order valence-electron chi connectivity index (χ4n) is 2.76. The molecule has 0 atom stereocenters. The van der Waals surface area contributed by atoms with Crippen molar-refractivity contribution in [2.45, 2.75) is 10.6 Å². The van der Waals surface area contributed by atoms with Crippen LogP contribution in [0.3, 0.4) is 0 Å². The molecule has 32 heavy (non-hydrogen) atoms. The van der Waals surface area contributed by atoms with Crippen LogP contribution in [-0.4, -0.2) is 26.5 Å². The summed E-state index contributed by atoms with van der Waals surface area (Å²) in [7, 11) is -3.93. The zero-order valence-corrected chi connectivity index (χ0v) is 19.4. The van der Waals surface area contributed by atoms with E-state index in [4.69, 9.17) is 11.6 Å². The second kappa shape index (κ2) is 10.5. The first-order valence-corrected chi connectivity index (χ1v) is 12.6. The molecule has 2 amide bonds. The van der Waals surface area contributed by atoms with Gasteiger partial charge in [-0.3, -0.25) is 25.2 Å². The molecule has 0 radical (unpaired) electrons. The second-order valence-corrected chi connectivity index (χ2v) is 9.67. The van der Waals surface area contributed by atoms with E-state index in [1.807, 2.05) is 12.3 Å². The van der Waals surface area contributed by atoms with Crippen LogP contribution in [-0.2, 0) is 15.8 Å². The van der Waals surface area contributed by atoms with Gasteiger partial charge in [-0.05, 0) is 66.4 Å². The van der Waals surface area contributed by atoms with Gasteiger partial charge in [-0.25, -0.2) is 8.42 Å². The van der Waals surface area contributed by atoms with Crippen LogP contribution in [0.4, 0.5) is 5.69 Å². The predicted octanol–water partition coefficient (Wildman–Crippen LogP) is 4.08. The molecule has 0 aliphatic heterocycles. The lowest BCUT2D eigenvalue weighted by Crippen LogP contribution is -2.41. The van der Waals surface area contributed by atoms with Crippen LogP contribution in [0.25, 0.3) is 0 Å². The number of halogens is 1. The smallest absolute Gasteiger partial charge is 0.269 e. The van der Waals surface area contributed by atoms with Crippen molar-refractivity contribution >= 4 is 50.9 Å². The van der Waals surface area contributed by atoms with Gasteiger partial charge in [0.2, 0.25) is 0 Å². The number of carbonyl (C=O) groups excluding carboxylic acids is 2. The molecule has 10 heteroatoms. The summed E-state index contributed by atoms with van der Waals surface area (Å²) in [5.41, 5.74) is 6.45. The average Bonchev–Trinajstić information content (AvgIpc) is 2.79. The Hall–Kier alpha value is -3.01. The number of hydrogen-bond donors (Lipinski definition) is 3. The summed E-state index contributed by atoms with van der Waals surface area (Å²) in [5.74, 6) is -0.365. The molecule has 0 saturated carbocycles. The van der Waals surface area contributed by atoms with Gasteiger partial charge in [-0.2, -0.15) is 11.8 Å². The summed E-state index contributed by atoms with van der Waals surface area (Å²) in [6, 6.07) is 18.7. The van der Waals surface area contributed by atoms with Crippen LogP contribution in [0.5, 0.6) is 0 Å². The average molecular weight is 490 g/mol. The third kappa shape index (κ3) is 6.25. The number of rotatable bonds is 7. The summed E-state index contributed by atoms with van der Waals surface area (Å²) >= 11 is 7.45. The molecule has 166 valence electrons. The highest BCUT2D eigenvalue weighted by Gasteiger charge is 2.17. The highest BCUT2D eigenvalue weighted by molar-refractivity contribution is 7.97. The van der Waals surface area contributed by atoms with Crippen LogP contribution >= 0.6 is 23.4 Å². The molecule has 7 nitrogen and oxygen atoms in total. The number of hydrazine groups is 1. The molecule has 0 aliphatic carbocycles. The molecule has 0 spiro atoms. The van der Waals surface area contributed by atoms with Crippen LogP contribution in [0, 0.1) is 0 Å². The minimum Gasteiger partial charge on any atom is -0.280 e. The zero-order chi connectivity index (χ0) is 23.1.